The van der Waals surface area contributed by atoms with Gasteiger partial charge in [-0.15, -0.1) is 0 Å². The minimum absolute atomic E-state index is 0.106. The number of sulfonamides is 1. The molecule has 0 bridgehead atoms. The zero-order chi connectivity index (χ0) is 18.0. The number of nitrogens with zero attached hydrogens (tertiary/aromatic N) is 2. The van der Waals surface area contributed by atoms with Crippen LogP contribution in [-0.2, 0) is 10.0 Å². The number of methoxy groups -OCH3 is 1. The van der Waals surface area contributed by atoms with Gasteiger partial charge in [-0.05, 0) is 42.5 Å². The summed E-state index contributed by atoms with van der Waals surface area (Å²) in [6.07, 6.45) is 0. The summed E-state index contributed by atoms with van der Waals surface area (Å²) in [5.74, 6) is 0.142. The lowest BCUT2D eigenvalue weighted by Gasteiger charge is -2.35. The van der Waals surface area contributed by atoms with Crippen LogP contribution in [0, 0.1) is 5.82 Å². The largest absolute Gasteiger partial charge is 0.495 e. The van der Waals surface area contributed by atoms with Crippen molar-refractivity contribution in [2.24, 2.45) is 0 Å². The van der Waals surface area contributed by atoms with Crippen molar-refractivity contribution in [1.29, 1.82) is 0 Å². The molecule has 1 saturated heterocycles. The summed E-state index contributed by atoms with van der Waals surface area (Å²) >= 11 is 6.15. The predicted molar refractivity (Wildman–Crippen MR) is 95.4 cm³/mol. The Balaban J connectivity index is 1.71. The third-order valence-electron chi connectivity index (χ3n) is 4.19. The average molecular weight is 385 g/mol. The predicted octanol–water partition coefficient (Wildman–Crippen LogP) is 3.00. The van der Waals surface area contributed by atoms with E-state index in [2.05, 4.69) is 4.90 Å². The minimum atomic E-state index is -3.61. The number of rotatable bonds is 4. The van der Waals surface area contributed by atoms with E-state index in [0.717, 1.165) is 17.8 Å². The molecule has 1 aliphatic heterocycles. The van der Waals surface area contributed by atoms with Gasteiger partial charge in [0.1, 0.15) is 11.6 Å². The van der Waals surface area contributed by atoms with E-state index in [1.165, 1.54) is 16.4 Å². The number of hydrogen-bond acceptors (Lipinski definition) is 4. The Bertz CT molecular complexity index is 851. The van der Waals surface area contributed by atoms with Gasteiger partial charge in [0.15, 0.2) is 0 Å². The van der Waals surface area contributed by atoms with Crippen LogP contribution in [-0.4, -0.2) is 46.0 Å². The molecule has 134 valence electrons. The smallest absolute Gasteiger partial charge is 0.243 e. The van der Waals surface area contributed by atoms with Gasteiger partial charge in [-0.3, -0.25) is 0 Å². The first-order valence-electron chi connectivity index (χ1n) is 7.76. The summed E-state index contributed by atoms with van der Waals surface area (Å²) in [5, 5.41) is 0.515. The van der Waals surface area contributed by atoms with Crippen molar-refractivity contribution in [2.75, 3.05) is 38.2 Å². The molecule has 0 unspecified atom stereocenters. The van der Waals surface area contributed by atoms with Crippen LogP contribution in [0.15, 0.2) is 47.4 Å². The van der Waals surface area contributed by atoms with E-state index in [-0.39, 0.29) is 4.90 Å². The molecular weight excluding hydrogens is 367 g/mol. The lowest BCUT2D eigenvalue weighted by molar-refractivity contribution is 0.384. The molecular formula is C17H18ClFN2O3S. The van der Waals surface area contributed by atoms with Gasteiger partial charge in [-0.1, -0.05) is 11.6 Å². The van der Waals surface area contributed by atoms with Gasteiger partial charge in [0.25, 0.3) is 0 Å². The number of halogens is 2. The van der Waals surface area contributed by atoms with Crippen LogP contribution in [0.25, 0.3) is 0 Å². The summed E-state index contributed by atoms with van der Waals surface area (Å²) < 4.78 is 44.8. The number of benzene rings is 2. The van der Waals surface area contributed by atoms with E-state index in [1.807, 2.05) is 12.1 Å². The minimum Gasteiger partial charge on any atom is -0.495 e. The third-order valence-corrected chi connectivity index (χ3v) is 6.40. The fourth-order valence-corrected chi connectivity index (χ4v) is 4.47. The van der Waals surface area contributed by atoms with Crippen molar-refractivity contribution in [3.8, 4) is 5.75 Å². The molecule has 0 spiro atoms. The van der Waals surface area contributed by atoms with Crippen LogP contribution in [0.2, 0.25) is 5.02 Å². The summed E-state index contributed by atoms with van der Waals surface area (Å²) in [6, 6.07) is 10.4. The van der Waals surface area contributed by atoms with Gasteiger partial charge in [-0.25, -0.2) is 12.8 Å². The Morgan fingerprint density at radius 2 is 1.68 bits per heavy atom. The van der Waals surface area contributed by atoms with E-state index >= 15 is 0 Å². The molecule has 2 aromatic carbocycles. The Hall–Kier alpha value is -1.83. The van der Waals surface area contributed by atoms with Crippen LogP contribution >= 0.6 is 11.6 Å². The lowest BCUT2D eigenvalue weighted by Crippen LogP contribution is -2.48. The first kappa shape index (κ1) is 18.0. The molecule has 8 heteroatoms. The molecule has 5 nitrogen and oxygen atoms in total. The molecule has 0 atom stereocenters. The molecule has 1 fully saturated rings. The van der Waals surface area contributed by atoms with Crippen molar-refractivity contribution in [3.05, 3.63) is 53.3 Å². The Morgan fingerprint density at radius 3 is 2.24 bits per heavy atom. The maximum absolute atomic E-state index is 13.0. The highest BCUT2D eigenvalue weighted by Gasteiger charge is 2.28. The second-order valence-electron chi connectivity index (χ2n) is 5.66. The standard InChI is InChI=1S/C17H18ClFN2O3S/c1-24-17-7-4-14(12-16(17)18)20-8-10-21(11-9-20)25(22,23)15-5-2-13(19)3-6-15/h2-7,12H,8-11H2,1H3. The molecule has 0 radical (unpaired) electrons. The SMILES string of the molecule is COc1ccc(N2CCN(S(=O)(=O)c3ccc(F)cc3)CC2)cc1Cl. The van der Waals surface area contributed by atoms with E-state index < -0.39 is 15.8 Å². The van der Waals surface area contributed by atoms with Gasteiger partial charge in [-0.2, -0.15) is 4.31 Å². The molecule has 3 rings (SSSR count). The fraction of sp³-hybridized carbons (Fsp3) is 0.294. The van der Waals surface area contributed by atoms with Crippen LogP contribution in [0.4, 0.5) is 10.1 Å². The maximum Gasteiger partial charge on any atom is 0.243 e. The van der Waals surface area contributed by atoms with Crippen molar-refractivity contribution in [3.63, 3.8) is 0 Å². The maximum atomic E-state index is 13.0. The van der Waals surface area contributed by atoms with Gasteiger partial charge in [0.05, 0.1) is 17.0 Å². The molecule has 0 amide bonds. The highest BCUT2D eigenvalue weighted by atomic mass is 35.5. The molecule has 0 N–H and O–H groups in total. The first-order chi connectivity index (χ1) is 11.9. The Kier molecular flexibility index (Phi) is 5.17. The van der Waals surface area contributed by atoms with Gasteiger partial charge < -0.3 is 9.64 Å². The van der Waals surface area contributed by atoms with E-state index in [1.54, 1.807) is 13.2 Å². The van der Waals surface area contributed by atoms with E-state index in [4.69, 9.17) is 16.3 Å². The second-order valence-corrected chi connectivity index (χ2v) is 8.01. The average Bonchev–Trinajstić information content (AvgIpc) is 2.62. The third kappa shape index (κ3) is 3.73. The summed E-state index contributed by atoms with van der Waals surface area (Å²) in [7, 11) is -2.05. The zero-order valence-corrected chi connectivity index (χ0v) is 15.2. The molecule has 2 aromatic rings. The van der Waals surface area contributed by atoms with Crippen molar-refractivity contribution in [2.45, 2.75) is 4.90 Å². The summed E-state index contributed by atoms with van der Waals surface area (Å²) in [6.45, 7) is 1.79. The topological polar surface area (TPSA) is 49.9 Å². The number of ether oxygens (including phenoxy) is 1. The van der Waals surface area contributed by atoms with Crippen LogP contribution in [0.5, 0.6) is 5.75 Å². The molecule has 1 heterocycles. The highest BCUT2D eigenvalue weighted by Crippen LogP contribution is 2.30. The second kappa shape index (κ2) is 7.19. The van der Waals surface area contributed by atoms with Gasteiger partial charge in [0.2, 0.25) is 10.0 Å². The first-order valence-corrected chi connectivity index (χ1v) is 9.58. The quantitative estimate of drug-likeness (QED) is 0.813. The van der Waals surface area contributed by atoms with Crippen LogP contribution in [0.1, 0.15) is 0 Å². The van der Waals surface area contributed by atoms with Crippen molar-refractivity contribution >= 4 is 27.3 Å². The Morgan fingerprint density at radius 1 is 1.04 bits per heavy atom. The van der Waals surface area contributed by atoms with Crippen molar-refractivity contribution in [1.82, 2.24) is 4.31 Å². The molecule has 0 aromatic heterocycles. The summed E-state index contributed by atoms with van der Waals surface area (Å²) in [5.41, 5.74) is 0.921. The highest BCUT2D eigenvalue weighted by molar-refractivity contribution is 7.89. The number of anilines is 1. The van der Waals surface area contributed by atoms with E-state index in [9.17, 15) is 12.8 Å². The number of hydrogen-bond donors (Lipinski definition) is 0. The molecule has 0 saturated carbocycles. The monoisotopic (exact) mass is 384 g/mol. The zero-order valence-electron chi connectivity index (χ0n) is 13.7. The van der Waals surface area contributed by atoms with Gasteiger partial charge in [0, 0.05) is 31.9 Å². The van der Waals surface area contributed by atoms with Crippen LogP contribution in [0.3, 0.4) is 0 Å². The van der Waals surface area contributed by atoms with E-state index in [0.29, 0.717) is 37.0 Å². The fourth-order valence-electron chi connectivity index (χ4n) is 2.79. The molecule has 25 heavy (non-hydrogen) atoms. The Labute approximate surface area is 151 Å². The van der Waals surface area contributed by atoms with Crippen molar-refractivity contribution < 1.29 is 17.5 Å². The number of piperazine rings is 1. The molecule has 1 aliphatic rings. The normalized spacial score (nSPS) is 16.0. The lowest BCUT2D eigenvalue weighted by atomic mass is 10.2. The summed E-state index contributed by atoms with van der Waals surface area (Å²) in [4.78, 5) is 2.18. The van der Waals surface area contributed by atoms with Crippen LogP contribution < -0.4 is 9.64 Å². The molecule has 0 aliphatic carbocycles. The van der Waals surface area contributed by atoms with Gasteiger partial charge >= 0.3 is 0 Å².